The maximum atomic E-state index is 12.9. The van der Waals surface area contributed by atoms with Gasteiger partial charge in [-0.1, -0.05) is 13.8 Å². The van der Waals surface area contributed by atoms with Crippen LogP contribution in [0.25, 0.3) is 0 Å². The second kappa shape index (κ2) is 9.80. The molecule has 0 fully saturated rings. The summed E-state index contributed by atoms with van der Waals surface area (Å²) in [6.45, 7) is 7.78. The molecule has 0 aliphatic carbocycles. The molecule has 114 valence electrons. The molecule has 1 aromatic heterocycles. The molecule has 4 nitrogen and oxygen atoms in total. The van der Waals surface area contributed by atoms with Gasteiger partial charge in [0.05, 0.1) is 24.5 Å². The van der Waals surface area contributed by atoms with Gasteiger partial charge in [-0.15, -0.1) is 0 Å². The average Bonchev–Trinajstić information content (AvgIpc) is 2.45. The third-order valence-electron chi connectivity index (χ3n) is 3.25. The molecule has 0 aromatic carbocycles. The van der Waals surface area contributed by atoms with Crippen molar-refractivity contribution >= 4 is 0 Å². The summed E-state index contributed by atoms with van der Waals surface area (Å²) in [7, 11) is 0. The minimum absolute atomic E-state index is 0.124. The van der Waals surface area contributed by atoms with Crippen LogP contribution >= 0.6 is 0 Å². The number of aliphatic hydroxyl groups is 1. The van der Waals surface area contributed by atoms with E-state index in [0.717, 1.165) is 38.2 Å². The Kier molecular flexibility index (Phi) is 8.34. The zero-order valence-electron chi connectivity index (χ0n) is 12.5. The van der Waals surface area contributed by atoms with Crippen molar-refractivity contribution in [1.29, 1.82) is 0 Å². The Morgan fingerprint density at radius 2 is 2.10 bits per heavy atom. The van der Waals surface area contributed by atoms with Gasteiger partial charge in [0, 0.05) is 13.1 Å². The van der Waals surface area contributed by atoms with Crippen molar-refractivity contribution in [1.82, 2.24) is 15.2 Å². The molecular weight excluding hydrogens is 257 g/mol. The van der Waals surface area contributed by atoms with E-state index in [4.69, 9.17) is 5.11 Å². The molecule has 1 atom stereocenters. The second-order valence-electron chi connectivity index (χ2n) is 4.87. The monoisotopic (exact) mass is 283 g/mol. The predicted octanol–water partition coefficient (Wildman–Crippen LogP) is 1.97. The highest BCUT2D eigenvalue weighted by molar-refractivity contribution is 5.09. The fraction of sp³-hybridized carbons (Fsp3) is 0.667. The Morgan fingerprint density at radius 3 is 2.65 bits per heavy atom. The zero-order chi connectivity index (χ0) is 14.8. The number of nitrogens with zero attached hydrogens (tertiary/aromatic N) is 2. The lowest BCUT2D eigenvalue weighted by atomic mass is 10.1. The van der Waals surface area contributed by atoms with Gasteiger partial charge in [-0.25, -0.2) is 4.39 Å². The molecule has 20 heavy (non-hydrogen) atoms. The minimum atomic E-state index is -0.308. The van der Waals surface area contributed by atoms with E-state index < -0.39 is 0 Å². The van der Waals surface area contributed by atoms with Gasteiger partial charge in [0.25, 0.3) is 0 Å². The molecule has 0 amide bonds. The molecule has 0 aliphatic heterocycles. The van der Waals surface area contributed by atoms with E-state index in [-0.39, 0.29) is 18.5 Å². The molecule has 0 bridgehead atoms. The van der Waals surface area contributed by atoms with Gasteiger partial charge in [-0.05, 0) is 38.1 Å². The largest absolute Gasteiger partial charge is 0.395 e. The lowest BCUT2D eigenvalue weighted by molar-refractivity contribution is 0.189. The quantitative estimate of drug-likeness (QED) is 0.689. The van der Waals surface area contributed by atoms with Crippen LogP contribution in [0.15, 0.2) is 18.3 Å². The molecule has 1 aromatic rings. The lowest BCUT2D eigenvalue weighted by Gasteiger charge is -2.24. The summed E-state index contributed by atoms with van der Waals surface area (Å²) in [5.74, 6) is -0.308. The van der Waals surface area contributed by atoms with Gasteiger partial charge >= 0.3 is 0 Å². The van der Waals surface area contributed by atoms with E-state index in [2.05, 4.69) is 22.1 Å². The number of aromatic nitrogens is 1. The minimum Gasteiger partial charge on any atom is -0.395 e. The smallest absolute Gasteiger partial charge is 0.141 e. The van der Waals surface area contributed by atoms with Crippen LogP contribution in [0, 0.1) is 5.82 Å². The van der Waals surface area contributed by atoms with Crippen LogP contribution in [0.2, 0.25) is 0 Å². The van der Waals surface area contributed by atoms with Crippen molar-refractivity contribution in [2.75, 3.05) is 32.8 Å². The van der Waals surface area contributed by atoms with Crippen molar-refractivity contribution in [3.8, 4) is 0 Å². The van der Waals surface area contributed by atoms with Crippen molar-refractivity contribution in [2.24, 2.45) is 0 Å². The number of aliphatic hydroxyl groups excluding tert-OH is 1. The predicted molar refractivity (Wildman–Crippen MR) is 79.0 cm³/mol. The second-order valence-corrected chi connectivity index (χ2v) is 4.87. The maximum Gasteiger partial charge on any atom is 0.141 e. The van der Waals surface area contributed by atoms with Crippen LogP contribution < -0.4 is 5.32 Å². The number of pyridine rings is 1. The number of rotatable bonds is 10. The van der Waals surface area contributed by atoms with Crippen LogP contribution in [0.3, 0.4) is 0 Å². The highest BCUT2D eigenvalue weighted by Gasteiger charge is 2.13. The summed E-state index contributed by atoms with van der Waals surface area (Å²) in [6, 6.07) is 3.31. The number of hydrogen-bond donors (Lipinski definition) is 2. The Morgan fingerprint density at radius 1 is 1.30 bits per heavy atom. The van der Waals surface area contributed by atoms with Gasteiger partial charge in [-0.2, -0.15) is 0 Å². The molecule has 0 radical (unpaired) electrons. The molecule has 0 aliphatic rings. The Hall–Kier alpha value is -1.04. The molecule has 2 N–H and O–H groups in total. The van der Waals surface area contributed by atoms with Crippen LogP contribution in [0.1, 0.15) is 38.4 Å². The topological polar surface area (TPSA) is 48.4 Å². The van der Waals surface area contributed by atoms with Gasteiger partial charge < -0.3 is 15.3 Å². The van der Waals surface area contributed by atoms with Gasteiger partial charge in [0.2, 0.25) is 0 Å². The number of halogens is 1. The summed E-state index contributed by atoms with van der Waals surface area (Å²) < 4.78 is 12.9. The first kappa shape index (κ1) is 17.0. The van der Waals surface area contributed by atoms with E-state index in [9.17, 15) is 4.39 Å². The van der Waals surface area contributed by atoms with E-state index in [1.165, 1.54) is 12.3 Å². The van der Waals surface area contributed by atoms with Crippen molar-refractivity contribution in [3.63, 3.8) is 0 Å². The van der Waals surface area contributed by atoms with E-state index >= 15 is 0 Å². The van der Waals surface area contributed by atoms with E-state index in [0.29, 0.717) is 6.54 Å². The van der Waals surface area contributed by atoms with Gasteiger partial charge in [-0.3, -0.25) is 4.98 Å². The van der Waals surface area contributed by atoms with Crippen LogP contribution in [0.5, 0.6) is 0 Å². The molecule has 1 rings (SSSR count). The summed E-state index contributed by atoms with van der Waals surface area (Å²) in [5, 5.41) is 12.5. The fourth-order valence-corrected chi connectivity index (χ4v) is 2.30. The fourth-order valence-electron chi connectivity index (χ4n) is 2.30. The summed E-state index contributed by atoms with van der Waals surface area (Å²) in [6.07, 6.45) is 3.23. The van der Waals surface area contributed by atoms with Crippen LogP contribution in [0.4, 0.5) is 4.39 Å². The Labute approximate surface area is 121 Å². The van der Waals surface area contributed by atoms with E-state index in [1.54, 1.807) is 6.07 Å². The van der Waals surface area contributed by atoms with Crippen molar-refractivity contribution in [2.45, 2.75) is 32.7 Å². The number of nitrogens with one attached hydrogen (secondary N) is 1. The average molecular weight is 283 g/mol. The van der Waals surface area contributed by atoms with Crippen LogP contribution in [-0.2, 0) is 0 Å². The summed E-state index contributed by atoms with van der Waals surface area (Å²) >= 11 is 0. The normalized spacial score (nSPS) is 12.8. The third-order valence-corrected chi connectivity index (χ3v) is 3.25. The molecule has 1 unspecified atom stereocenters. The standard InChI is InChI=1S/C15H26FN3O/c1-3-8-19(10-11-20)9-7-15(17-4-2)14-6-5-13(16)12-18-14/h5-6,12,15,17,20H,3-4,7-11H2,1-2H3. The lowest BCUT2D eigenvalue weighted by Crippen LogP contribution is -2.32. The first-order valence-corrected chi connectivity index (χ1v) is 7.39. The molecule has 5 heteroatoms. The Bertz CT molecular complexity index is 353. The van der Waals surface area contributed by atoms with E-state index in [1.807, 2.05) is 6.92 Å². The maximum absolute atomic E-state index is 12.9. The van der Waals surface area contributed by atoms with Crippen LogP contribution in [-0.4, -0.2) is 47.8 Å². The molecule has 0 saturated carbocycles. The molecule has 0 saturated heterocycles. The first-order chi connectivity index (χ1) is 9.71. The summed E-state index contributed by atoms with van der Waals surface area (Å²) in [4.78, 5) is 6.41. The number of hydrogen-bond acceptors (Lipinski definition) is 4. The SMILES string of the molecule is CCCN(CCO)CCC(NCC)c1ccc(F)cn1. The highest BCUT2D eigenvalue weighted by Crippen LogP contribution is 2.15. The third kappa shape index (κ3) is 5.94. The molecule has 0 spiro atoms. The first-order valence-electron chi connectivity index (χ1n) is 7.39. The zero-order valence-corrected chi connectivity index (χ0v) is 12.5. The Balaban J connectivity index is 2.59. The van der Waals surface area contributed by atoms with Gasteiger partial charge in [0.1, 0.15) is 5.82 Å². The highest BCUT2D eigenvalue weighted by atomic mass is 19.1. The molecule has 1 heterocycles. The molecular formula is C15H26FN3O. The van der Waals surface area contributed by atoms with Crippen molar-refractivity contribution < 1.29 is 9.50 Å². The summed E-state index contributed by atoms with van der Waals surface area (Å²) in [5.41, 5.74) is 0.869. The van der Waals surface area contributed by atoms with Gasteiger partial charge in [0.15, 0.2) is 0 Å². The van der Waals surface area contributed by atoms with Crippen molar-refractivity contribution in [3.05, 3.63) is 29.8 Å².